The Labute approximate surface area is 117 Å². The van der Waals surface area contributed by atoms with Crippen LogP contribution in [0.5, 0.6) is 11.6 Å². The van der Waals surface area contributed by atoms with Gasteiger partial charge in [0, 0.05) is 6.54 Å². The third-order valence-corrected chi connectivity index (χ3v) is 2.91. The Morgan fingerprint density at radius 1 is 1.21 bits per heavy atom. The minimum absolute atomic E-state index is 0.525. The fourth-order valence-corrected chi connectivity index (χ4v) is 1.85. The van der Waals surface area contributed by atoms with Gasteiger partial charge in [-0.2, -0.15) is 4.98 Å². The van der Waals surface area contributed by atoms with E-state index >= 15 is 0 Å². The molecule has 19 heavy (non-hydrogen) atoms. The molecule has 1 heterocycles. The third-order valence-electron chi connectivity index (χ3n) is 2.60. The normalized spacial score (nSPS) is 10.3. The van der Waals surface area contributed by atoms with E-state index in [9.17, 15) is 0 Å². The summed E-state index contributed by atoms with van der Waals surface area (Å²) in [4.78, 5) is 8.67. The summed E-state index contributed by atoms with van der Waals surface area (Å²) < 4.78 is 5.78. The number of ether oxygens (including phenoxy) is 1. The van der Waals surface area contributed by atoms with Crippen molar-refractivity contribution in [1.29, 1.82) is 0 Å². The van der Waals surface area contributed by atoms with Crippen molar-refractivity contribution in [1.82, 2.24) is 9.97 Å². The first kappa shape index (κ1) is 13.6. The van der Waals surface area contributed by atoms with Crippen molar-refractivity contribution in [2.75, 3.05) is 11.9 Å². The maximum Gasteiger partial charge on any atom is 0.227 e. The van der Waals surface area contributed by atoms with Crippen molar-refractivity contribution in [2.24, 2.45) is 0 Å². The number of aryl methyl sites for hydroxylation is 1. The molecule has 1 N–H and O–H groups in total. The quantitative estimate of drug-likeness (QED) is 0.918. The number of para-hydroxylation sites is 1. The zero-order valence-corrected chi connectivity index (χ0v) is 12.0. The highest BCUT2D eigenvalue weighted by atomic mass is 35.5. The molecule has 0 saturated carbocycles. The molecule has 2 aromatic rings. The second-order valence-corrected chi connectivity index (χ2v) is 4.52. The number of halogens is 1. The number of anilines is 1. The fraction of sp³-hybridized carbons (Fsp3) is 0.286. The largest absolute Gasteiger partial charge is 0.437 e. The van der Waals surface area contributed by atoms with Crippen LogP contribution in [0, 0.1) is 13.8 Å². The number of hydrogen-bond donors (Lipinski definition) is 1. The van der Waals surface area contributed by atoms with Gasteiger partial charge in [-0.15, -0.1) is 0 Å². The summed E-state index contributed by atoms with van der Waals surface area (Å²) >= 11 is 6.08. The van der Waals surface area contributed by atoms with Crippen LogP contribution in [0.4, 0.5) is 5.82 Å². The molecule has 0 fully saturated rings. The molecule has 2 rings (SSSR count). The third kappa shape index (κ3) is 3.15. The van der Waals surface area contributed by atoms with Gasteiger partial charge in [0.2, 0.25) is 5.88 Å². The van der Waals surface area contributed by atoms with E-state index in [1.807, 2.05) is 39.0 Å². The molecule has 0 aliphatic rings. The Hall–Kier alpha value is -1.81. The maximum absolute atomic E-state index is 6.08. The van der Waals surface area contributed by atoms with Crippen molar-refractivity contribution in [3.05, 3.63) is 40.7 Å². The molecule has 0 bridgehead atoms. The Kier molecular flexibility index (Phi) is 4.22. The number of nitrogens with zero attached hydrogens (tertiary/aromatic N) is 2. The van der Waals surface area contributed by atoms with Gasteiger partial charge in [-0.1, -0.05) is 23.7 Å². The Balaban J connectivity index is 2.37. The van der Waals surface area contributed by atoms with Crippen molar-refractivity contribution in [3.8, 4) is 11.6 Å². The molecule has 100 valence electrons. The van der Waals surface area contributed by atoms with E-state index in [0.717, 1.165) is 17.9 Å². The van der Waals surface area contributed by atoms with E-state index in [0.29, 0.717) is 22.5 Å². The zero-order valence-electron chi connectivity index (χ0n) is 11.2. The highest BCUT2D eigenvalue weighted by Crippen LogP contribution is 2.31. The van der Waals surface area contributed by atoms with Gasteiger partial charge in [0.15, 0.2) is 0 Å². The van der Waals surface area contributed by atoms with E-state index < -0.39 is 0 Å². The van der Waals surface area contributed by atoms with E-state index in [4.69, 9.17) is 16.3 Å². The lowest BCUT2D eigenvalue weighted by Crippen LogP contribution is -2.06. The monoisotopic (exact) mass is 277 g/mol. The molecule has 4 nitrogen and oxygen atoms in total. The van der Waals surface area contributed by atoms with Crippen molar-refractivity contribution in [2.45, 2.75) is 20.8 Å². The summed E-state index contributed by atoms with van der Waals surface area (Å²) in [6, 6.07) is 7.32. The van der Waals surface area contributed by atoms with Gasteiger partial charge < -0.3 is 10.1 Å². The lowest BCUT2D eigenvalue weighted by molar-refractivity contribution is 0.456. The lowest BCUT2D eigenvalue weighted by atomic mass is 10.3. The van der Waals surface area contributed by atoms with Crippen LogP contribution < -0.4 is 10.1 Å². The summed E-state index contributed by atoms with van der Waals surface area (Å²) in [6.07, 6.45) is 0. The van der Waals surface area contributed by atoms with E-state index in [1.54, 1.807) is 6.07 Å². The molecule has 0 atom stereocenters. The first-order valence-corrected chi connectivity index (χ1v) is 6.51. The SMILES string of the molecule is CCNc1nc(C)nc(Oc2ccccc2Cl)c1C. The second kappa shape index (κ2) is 5.89. The van der Waals surface area contributed by atoms with Gasteiger partial charge in [0.1, 0.15) is 17.4 Å². The smallest absolute Gasteiger partial charge is 0.227 e. The summed E-state index contributed by atoms with van der Waals surface area (Å²) in [6.45, 7) is 6.57. The molecule has 0 spiro atoms. The number of nitrogens with one attached hydrogen (secondary N) is 1. The first-order valence-electron chi connectivity index (χ1n) is 6.13. The minimum Gasteiger partial charge on any atom is -0.437 e. The van der Waals surface area contributed by atoms with E-state index in [-0.39, 0.29) is 0 Å². The van der Waals surface area contributed by atoms with Gasteiger partial charge in [-0.25, -0.2) is 4.98 Å². The maximum atomic E-state index is 6.08. The molecule has 5 heteroatoms. The molecule has 0 amide bonds. The predicted octanol–water partition coefficient (Wildman–Crippen LogP) is 3.97. The van der Waals surface area contributed by atoms with Crippen molar-refractivity contribution >= 4 is 17.4 Å². The van der Waals surface area contributed by atoms with Crippen LogP contribution in [0.15, 0.2) is 24.3 Å². The topological polar surface area (TPSA) is 47.0 Å². The van der Waals surface area contributed by atoms with Crippen LogP contribution in [0.1, 0.15) is 18.3 Å². The Morgan fingerprint density at radius 2 is 1.95 bits per heavy atom. The highest BCUT2D eigenvalue weighted by Gasteiger charge is 2.12. The summed E-state index contributed by atoms with van der Waals surface area (Å²) in [7, 11) is 0. The molecule has 0 aliphatic carbocycles. The second-order valence-electron chi connectivity index (χ2n) is 4.11. The van der Waals surface area contributed by atoms with Gasteiger partial charge >= 0.3 is 0 Å². The van der Waals surface area contributed by atoms with Crippen LogP contribution in [-0.2, 0) is 0 Å². The molecule has 0 saturated heterocycles. The first-order chi connectivity index (χ1) is 9.11. The Morgan fingerprint density at radius 3 is 2.63 bits per heavy atom. The van der Waals surface area contributed by atoms with Crippen LogP contribution in [0.2, 0.25) is 5.02 Å². The number of aromatic nitrogens is 2. The fourth-order valence-electron chi connectivity index (χ4n) is 1.67. The summed E-state index contributed by atoms with van der Waals surface area (Å²) in [5.41, 5.74) is 0.868. The van der Waals surface area contributed by atoms with Crippen LogP contribution in [0.3, 0.4) is 0 Å². The summed E-state index contributed by atoms with van der Waals surface area (Å²) in [5, 5.41) is 3.75. The van der Waals surface area contributed by atoms with Crippen LogP contribution >= 0.6 is 11.6 Å². The van der Waals surface area contributed by atoms with Crippen LogP contribution in [0.25, 0.3) is 0 Å². The van der Waals surface area contributed by atoms with Crippen molar-refractivity contribution in [3.63, 3.8) is 0 Å². The highest BCUT2D eigenvalue weighted by molar-refractivity contribution is 6.32. The van der Waals surface area contributed by atoms with Gasteiger partial charge in [-0.05, 0) is 32.9 Å². The summed E-state index contributed by atoms with van der Waals surface area (Å²) in [5.74, 6) is 2.56. The minimum atomic E-state index is 0.525. The molecular weight excluding hydrogens is 262 g/mol. The molecular formula is C14H16ClN3O. The van der Waals surface area contributed by atoms with Crippen molar-refractivity contribution < 1.29 is 4.74 Å². The number of rotatable bonds is 4. The van der Waals surface area contributed by atoms with Gasteiger partial charge in [-0.3, -0.25) is 0 Å². The van der Waals surface area contributed by atoms with E-state index in [2.05, 4.69) is 15.3 Å². The average Bonchev–Trinajstić information content (AvgIpc) is 2.38. The average molecular weight is 278 g/mol. The predicted molar refractivity (Wildman–Crippen MR) is 77.2 cm³/mol. The van der Waals surface area contributed by atoms with Gasteiger partial charge in [0.25, 0.3) is 0 Å². The zero-order chi connectivity index (χ0) is 13.8. The van der Waals surface area contributed by atoms with E-state index in [1.165, 1.54) is 0 Å². The lowest BCUT2D eigenvalue weighted by Gasteiger charge is -2.13. The standard InChI is InChI=1S/C14H16ClN3O/c1-4-16-13-9(2)14(18-10(3)17-13)19-12-8-6-5-7-11(12)15/h5-8H,4H2,1-3H3,(H,16,17,18). The molecule has 0 radical (unpaired) electrons. The number of benzene rings is 1. The van der Waals surface area contributed by atoms with Crippen LogP contribution in [-0.4, -0.2) is 16.5 Å². The molecule has 1 aromatic heterocycles. The molecule has 0 aliphatic heterocycles. The number of hydrogen-bond acceptors (Lipinski definition) is 4. The Bertz CT molecular complexity index is 587. The molecule has 0 unspecified atom stereocenters. The molecule has 1 aromatic carbocycles. The van der Waals surface area contributed by atoms with Gasteiger partial charge in [0.05, 0.1) is 10.6 Å².